The molecule has 0 saturated carbocycles. The zero-order valence-electron chi connectivity index (χ0n) is 82.0. The Labute approximate surface area is 866 Å². The third-order valence-corrected chi connectivity index (χ3v) is 30.9. The van der Waals surface area contributed by atoms with Gasteiger partial charge in [0.1, 0.15) is 0 Å². The molecule has 150 heavy (non-hydrogen) atoms. The zero-order chi connectivity index (χ0) is 98.8. The van der Waals surface area contributed by atoms with Crippen molar-refractivity contribution in [1.29, 1.82) is 0 Å². The first-order chi connectivity index (χ1) is 74.4. The molecule has 31 rings (SSSR count). The average molecular weight is 1910 g/mol. The van der Waals surface area contributed by atoms with Crippen LogP contribution in [0.25, 0.3) is 275 Å². The molecule has 700 valence electrons. The number of nitrogens with zero attached hydrogens (tertiary/aromatic N) is 6. The van der Waals surface area contributed by atoms with Crippen molar-refractivity contribution in [3.05, 3.63) is 570 Å². The van der Waals surface area contributed by atoms with E-state index in [1.807, 2.05) is 0 Å². The van der Waals surface area contributed by atoms with E-state index >= 15 is 0 Å². The molecule has 0 aliphatic heterocycles. The lowest BCUT2D eigenvalue weighted by Crippen LogP contribution is -1.97. The number of benzene rings is 25. The summed E-state index contributed by atoms with van der Waals surface area (Å²) in [4.78, 5) is 0. The Morgan fingerprint density at radius 3 is 0.733 bits per heavy atom. The number of hydrogen-bond donors (Lipinski definition) is 0. The highest BCUT2D eigenvalue weighted by Gasteiger charge is 2.27. The number of aromatic nitrogens is 6. The van der Waals surface area contributed by atoms with E-state index in [0.717, 1.165) is 22.7 Å². The minimum Gasteiger partial charge on any atom is -0.309 e. The second-order valence-corrected chi connectivity index (χ2v) is 39.3. The van der Waals surface area contributed by atoms with Crippen LogP contribution >= 0.6 is 0 Å². The summed E-state index contributed by atoms with van der Waals surface area (Å²) in [6.07, 6.45) is 0. The quantitative estimate of drug-likeness (QED) is 0.103. The van der Waals surface area contributed by atoms with Crippen LogP contribution in [0.2, 0.25) is 0 Å². The fourth-order valence-electron chi connectivity index (χ4n) is 24.1. The molecule has 6 aromatic heterocycles. The van der Waals surface area contributed by atoms with Gasteiger partial charge in [0.25, 0.3) is 0 Å². The van der Waals surface area contributed by atoms with E-state index in [2.05, 4.69) is 598 Å². The minimum atomic E-state index is 1.15. The maximum Gasteiger partial charge on any atom is 0.0625 e. The molecule has 6 heteroatoms. The zero-order valence-corrected chi connectivity index (χ0v) is 82.0. The molecule has 31 aromatic rings. The summed E-state index contributed by atoms with van der Waals surface area (Å²) in [5, 5.41) is 22.8. The molecule has 25 aromatic carbocycles. The van der Waals surface area contributed by atoms with Gasteiger partial charge in [-0.2, -0.15) is 0 Å². The van der Waals surface area contributed by atoms with Crippen LogP contribution in [0.3, 0.4) is 0 Å². The van der Waals surface area contributed by atoms with Crippen molar-refractivity contribution < 1.29 is 0 Å². The number of rotatable bonds is 13. The molecule has 0 unspecified atom stereocenters. The Morgan fingerprint density at radius 1 is 0.0933 bits per heavy atom. The Kier molecular flexibility index (Phi) is 20.9. The van der Waals surface area contributed by atoms with Gasteiger partial charge in [-0.25, -0.2) is 0 Å². The third-order valence-electron chi connectivity index (χ3n) is 30.9. The molecule has 6 nitrogen and oxygen atoms in total. The predicted octanol–water partition coefficient (Wildman–Crippen LogP) is 38.8. The van der Waals surface area contributed by atoms with Crippen LogP contribution in [0.4, 0.5) is 0 Å². The normalized spacial score (nSPS) is 11.7. The third kappa shape index (κ3) is 14.5. The maximum atomic E-state index is 2.46. The van der Waals surface area contributed by atoms with Crippen LogP contribution in [0.15, 0.2) is 570 Å². The highest BCUT2D eigenvalue weighted by molar-refractivity contribution is 6.27. The molecule has 0 aliphatic carbocycles. The van der Waals surface area contributed by atoms with Crippen molar-refractivity contribution in [3.63, 3.8) is 0 Å². The minimum absolute atomic E-state index is 1.15. The molecular formula is C144H94N6. The van der Waals surface area contributed by atoms with Crippen molar-refractivity contribution in [2.24, 2.45) is 0 Å². The van der Waals surface area contributed by atoms with Gasteiger partial charge < -0.3 is 27.4 Å². The molecular weight excluding hydrogens is 1810 g/mol. The van der Waals surface area contributed by atoms with Gasteiger partial charge >= 0.3 is 0 Å². The largest absolute Gasteiger partial charge is 0.309 e. The highest BCUT2D eigenvalue weighted by atomic mass is 15.0. The maximum absolute atomic E-state index is 2.46. The molecule has 0 fully saturated rings. The van der Waals surface area contributed by atoms with Crippen molar-refractivity contribution in [3.8, 4) is 112 Å². The fraction of sp³-hybridized carbons (Fsp3) is 0. The van der Waals surface area contributed by atoms with Gasteiger partial charge in [-0.3, -0.25) is 0 Å². The first-order valence-electron chi connectivity index (χ1n) is 51.7. The van der Waals surface area contributed by atoms with Gasteiger partial charge in [-0.15, -0.1) is 0 Å². The van der Waals surface area contributed by atoms with Gasteiger partial charge in [-0.05, 0) is 275 Å². The summed E-state index contributed by atoms with van der Waals surface area (Å²) >= 11 is 0. The summed E-state index contributed by atoms with van der Waals surface area (Å²) in [5.41, 5.74) is 38.4. The summed E-state index contributed by atoms with van der Waals surface area (Å²) in [5.74, 6) is 0. The van der Waals surface area contributed by atoms with Gasteiger partial charge in [0, 0.05) is 104 Å². The standard InChI is InChI=1S/C54H36N2.C48H30N2.C42H28N2/c1-5-15-37(16-6-1)38-25-29-44(30-26-38)55-50-24-14-13-23-47(50)48-35-41(27-33-51(48)55)42-28-34-52-49(36-42)53-45(39-17-7-2-8-18-39)31-32-46(40-19-9-3-10-20-40)54(53)56(52)43-21-11-4-12-22-43;1-2-12-33(13-3-1)49-45-20-10-8-18-40(45)43-28-31(22-26-47(43)49)32-23-27-48-44(29-32)41-19-9-11-21-46(41)50(48)34-24-25-39-37-16-5-4-14-35(37)36-15-6-7-17-38(36)42(39)30-34;1-4-14-29(15-5-1)31-24-32(30-16-6-2-7-17-30)26-34(25-31)44-40-23-13-11-21-36(40)38-27-37-35-20-10-12-22-39(35)43(41(37)28-42(38)44)33-18-8-3-9-19-33/h1-36H;1-30H;1-28H. The highest BCUT2D eigenvalue weighted by Crippen LogP contribution is 2.50. The summed E-state index contributed by atoms with van der Waals surface area (Å²) in [6, 6.07) is 208. The van der Waals surface area contributed by atoms with Crippen molar-refractivity contribution in [2.75, 3.05) is 0 Å². The smallest absolute Gasteiger partial charge is 0.0625 e. The number of fused-ring (bicyclic) bond motifs is 24. The molecule has 0 aliphatic rings. The predicted molar refractivity (Wildman–Crippen MR) is 636 cm³/mol. The van der Waals surface area contributed by atoms with E-state index in [0.29, 0.717) is 0 Å². The van der Waals surface area contributed by atoms with E-state index in [-0.39, 0.29) is 0 Å². The second kappa shape index (κ2) is 36.1. The Morgan fingerprint density at radius 2 is 0.340 bits per heavy atom. The summed E-state index contributed by atoms with van der Waals surface area (Å²) < 4.78 is 14.5. The molecule has 0 bridgehead atoms. The molecule has 0 spiro atoms. The summed E-state index contributed by atoms with van der Waals surface area (Å²) in [6.45, 7) is 0. The van der Waals surface area contributed by atoms with Crippen LogP contribution in [-0.4, -0.2) is 27.4 Å². The lowest BCUT2D eigenvalue weighted by Gasteiger charge is -2.14. The van der Waals surface area contributed by atoms with Gasteiger partial charge in [-0.1, -0.05) is 400 Å². The van der Waals surface area contributed by atoms with E-state index in [1.165, 1.54) is 252 Å². The lowest BCUT2D eigenvalue weighted by molar-refractivity contribution is 1.16. The van der Waals surface area contributed by atoms with Crippen LogP contribution < -0.4 is 0 Å². The van der Waals surface area contributed by atoms with E-state index < -0.39 is 0 Å². The number of hydrogen-bond acceptors (Lipinski definition) is 0. The molecule has 0 atom stereocenters. The summed E-state index contributed by atoms with van der Waals surface area (Å²) in [7, 11) is 0. The SMILES string of the molecule is c1ccc(-c2cc(-c3ccccc3)cc(-n3c4ccccc4c4cc5c6ccccc6n(-c6ccccc6)c5cc43)c2)cc1.c1ccc(-c2ccc(-n3c4ccccc4c4cc(-c5ccc6c(c5)c5c(-c7ccccc7)ccc(-c7ccccc7)c5n6-c5ccccc5)ccc43)cc2)cc1.c1ccc(-n2c3ccccc3c3cc(-c4ccc5c(c4)c4ccccc4n5-c4ccc5c6ccccc6c6ccccc6c5c4)ccc32)cc1. The van der Waals surface area contributed by atoms with E-state index in [9.17, 15) is 0 Å². The molecule has 0 N–H and O–H groups in total. The van der Waals surface area contributed by atoms with Crippen molar-refractivity contribution in [2.45, 2.75) is 0 Å². The second-order valence-electron chi connectivity index (χ2n) is 39.3. The van der Waals surface area contributed by atoms with Crippen molar-refractivity contribution in [1.82, 2.24) is 27.4 Å². The first kappa shape index (κ1) is 86.7. The van der Waals surface area contributed by atoms with E-state index in [1.54, 1.807) is 0 Å². The Balaban J connectivity index is 0.000000106. The lowest BCUT2D eigenvalue weighted by atomic mass is 9.93. The fourth-order valence-corrected chi connectivity index (χ4v) is 24.1. The number of para-hydroxylation sites is 8. The molecule has 6 heterocycles. The van der Waals surface area contributed by atoms with Gasteiger partial charge in [0.2, 0.25) is 0 Å². The van der Waals surface area contributed by atoms with Gasteiger partial charge in [0.15, 0.2) is 0 Å². The topological polar surface area (TPSA) is 29.6 Å². The van der Waals surface area contributed by atoms with Crippen LogP contribution in [-0.2, 0) is 0 Å². The van der Waals surface area contributed by atoms with Crippen LogP contribution in [0.1, 0.15) is 0 Å². The van der Waals surface area contributed by atoms with Crippen LogP contribution in [0.5, 0.6) is 0 Å². The van der Waals surface area contributed by atoms with Crippen LogP contribution in [0, 0.1) is 0 Å². The van der Waals surface area contributed by atoms with Crippen molar-refractivity contribution >= 4 is 163 Å². The molecule has 0 saturated heterocycles. The van der Waals surface area contributed by atoms with Gasteiger partial charge in [0.05, 0.1) is 66.2 Å². The monoisotopic (exact) mass is 1910 g/mol. The Hall–Kier alpha value is -19.9. The van der Waals surface area contributed by atoms with E-state index in [4.69, 9.17) is 0 Å². The Bertz CT molecular complexity index is 10600. The first-order valence-corrected chi connectivity index (χ1v) is 51.7. The molecule has 0 amide bonds. The average Bonchev–Trinajstić information content (AvgIpc) is 1.53. The molecule has 0 radical (unpaired) electrons.